The predicted octanol–water partition coefficient (Wildman–Crippen LogP) is 1.57. The summed E-state index contributed by atoms with van der Waals surface area (Å²) in [6.45, 7) is 10.6. The Labute approximate surface area is 116 Å². The highest BCUT2D eigenvalue weighted by molar-refractivity contribution is 5.77. The topological polar surface area (TPSA) is 41.6 Å². The molecule has 2 aliphatic rings. The first kappa shape index (κ1) is 14.5. The number of carbonyl (C=O) groups is 1. The fraction of sp³-hybridized carbons (Fsp3) is 0.800. The average Bonchev–Trinajstić information content (AvgIpc) is 2.39. The van der Waals surface area contributed by atoms with Crippen LogP contribution in [0.15, 0.2) is 11.6 Å². The lowest BCUT2D eigenvalue weighted by atomic mass is 9.83. The highest BCUT2D eigenvalue weighted by Gasteiger charge is 2.25. The lowest BCUT2D eigenvalue weighted by Crippen LogP contribution is -2.46. The van der Waals surface area contributed by atoms with Crippen LogP contribution in [-0.2, 0) is 9.53 Å². The molecule has 1 N–H and O–H groups in total. The molecule has 0 aromatic carbocycles. The van der Waals surface area contributed by atoms with Crippen LogP contribution in [0.1, 0.15) is 33.6 Å². The van der Waals surface area contributed by atoms with Crippen molar-refractivity contribution in [1.29, 1.82) is 0 Å². The zero-order valence-corrected chi connectivity index (χ0v) is 12.4. The van der Waals surface area contributed by atoms with E-state index < -0.39 is 0 Å². The van der Waals surface area contributed by atoms with Gasteiger partial charge in [-0.3, -0.25) is 4.79 Å². The standard InChI is InChI=1S/C15H26N2O2/c1-15(2,3)12-4-7-17(8-5-12)14(18)10-13-11-19-9-6-16-13/h4,13,16H,5-11H2,1-3H3. The SMILES string of the molecule is CC(C)(C)C1=CCN(C(=O)CC2COCCN2)CC1. The molecule has 1 amide bonds. The molecule has 4 heteroatoms. The number of rotatable bonds is 2. The van der Waals surface area contributed by atoms with Gasteiger partial charge in [-0.1, -0.05) is 32.4 Å². The summed E-state index contributed by atoms with van der Waals surface area (Å²) in [5.74, 6) is 0.243. The summed E-state index contributed by atoms with van der Waals surface area (Å²) in [5, 5.41) is 3.33. The summed E-state index contributed by atoms with van der Waals surface area (Å²) in [6.07, 6.45) is 3.79. The molecule has 4 nitrogen and oxygen atoms in total. The van der Waals surface area contributed by atoms with Gasteiger partial charge in [0.2, 0.25) is 5.91 Å². The minimum Gasteiger partial charge on any atom is -0.378 e. The Kier molecular flexibility index (Phi) is 4.63. The zero-order valence-electron chi connectivity index (χ0n) is 12.4. The smallest absolute Gasteiger partial charge is 0.224 e. The zero-order chi connectivity index (χ0) is 13.9. The van der Waals surface area contributed by atoms with Gasteiger partial charge in [0.25, 0.3) is 0 Å². The molecule has 1 atom stereocenters. The molecule has 0 aromatic heterocycles. The van der Waals surface area contributed by atoms with E-state index in [2.05, 4.69) is 32.2 Å². The molecular weight excluding hydrogens is 240 g/mol. The molecule has 1 unspecified atom stereocenters. The van der Waals surface area contributed by atoms with E-state index in [0.29, 0.717) is 13.0 Å². The monoisotopic (exact) mass is 266 g/mol. The molecule has 0 radical (unpaired) electrons. The van der Waals surface area contributed by atoms with Gasteiger partial charge in [0.05, 0.1) is 13.2 Å². The minimum atomic E-state index is 0.189. The normalized spacial score (nSPS) is 25.1. The summed E-state index contributed by atoms with van der Waals surface area (Å²) >= 11 is 0. The number of carbonyl (C=O) groups excluding carboxylic acids is 1. The van der Waals surface area contributed by atoms with Crippen molar-refractivity contribution in [2.75, 3.05) is 32.8 Å². The Morgan fingerprint density at radius 1 is 1.53 bits per heavy atom. The van der Waals surface area contributed by atoms with E-state index in [-0.39, 0.29) is 17.4 Å². The van der Waals surface area contributed by atoms with E-state index in [0.717, 1.165) is 32.7 Å². The Morgan fingerprint density at radius 2 is 2.32 bits per heavy atom. The van der Waals surface area contributed by atoms with Crippen LogP contribution in [0.3, 0.4) is 0 Å². The van der Waals surface area contributed by atoms with Crippen LogP contribution in [0, 0.1) is 5.41 Å². The first-order valence-corrected chi connectivity index (χ1v) is 7.25. The second-order valence-corrected chi connectivity index (χ2v) is 6.50. The molecule has 1 fully saturated rings. The number of hydrogen-bond donors (Lipinski definition) is 1. The van der Waals surface area contributed by atoms with Crippen LogP contribution in [0.2, 0.25) is 0 Å². The summed E-state index contributed by atoms with van der Waals surface area (Å²) in [4.78, 5) is 14.2. The third-order valence-electron chi connectivity index (χ3n) is 3.94. The molecule has 0 saturated carbocycles. The van der Waals surface area contributed by atoms with Crippen LogP contribution < -0.4 is 5.32 Å². The number of hydrogen-bond acceptors (Lipinski definition) is 3. The van der Waals surface area contributed by atoms with E-state index >= 15 is 0 Å². The van der Waals surface area contributed by atoms with Gasteiger partial charge in [-0.05, 0) is 11.8 Å². The summed E-state index contributed by atoms with van der Waals surface area (Å²) < 4.78 is 5.39. The molecular formula is C15H26N2O2. The minimum absolute atomic E-state index is 0.189. The van der Waals surface area contributed by atoms with Crippen LogP contribution in [-0.4, -0.2) is 49.7 Å². The van der Waals surface area contributed by atoms with Gasteiger partial charge in [-0.25, -0.2) is 0 Å². The molecule has 2 aliphatic heterocycles. The summed E-state index contributed by atoms with van der Waals surface area (Å²) in [6, 6.07) is 0.189. The van der Waals surface area contributed by atoms with Crippen molar-refractivity contribution in [3.8, 4) is 0 Å². The van der Waals surface area contributed by atoms with E-state index in [1.54, 1.807) is 0 Å². The van der Waals surface area contributed by atoms with Gasteiger partial charge in [0.15, 0.2) is 0 Å². The molecule has 2 rings (SSSR count). The lowest BCUT2D eigenvalue weighted by molar-refractivity contribution is -0.132. The maximum Gasteiger partial charge on any atom is 0.224 e. The van der Waals surface area contributed by atoms with Crippen molar-refractivity contribution in [3.05, 3.63) is 11.6 Å². The Balaban J connectivity index is 1.83. The second kappa shape index (κ2) is 6.06. The molecule has 19 heavy (non-hydrogen) atoms. The quantitative estimate of drug-likeness (QED) is 0.771. The van der Waals surface area contributed by atoms with Crippen molar-refractivity contribution < 1.29 is 9.53 Å². The molecule has 0 spiro atoms. The van der Waals surface area contributed by atoms with Crippen molar-refractivity contribution in [2.24, 2.45) is 5.41 Å². The van der Waals surface area contributed by atoms with Crippen molar-refractivity contribution in [3.63, 3.8) is 0 Å². The predicted molar refractivity (Wildman–Crippen MR) is 76.0 cm³/mol. The van der Waals surface area contributed by atoms with Crippen molar-refractivity contribution >= 4 is 5.91 Å². The Morgan fingerprint density at radius 3 is 2.84 bits per heavy atom. The lowest BCUT2D eigenvalue weighted by Gasteiger charge is -2.33. The first-order valence-electron chi connectivity index (χ1n) is 7.25. The van der Waals surface area contributed by atoms with E-state index in [1.165, 1.54) is 5.57 Å². The molecule has 108 valence electrons. The van der Waals surface area contributed by atoms with Crippen LogP contribution in [0.5, 0.6) is 0 Å². The molecule has 0 bridgehead atoms. The fourth-order valence-corrected chi connectivity index (χ4v) is 2.67. The van der Waals surface area contributed by atoms with Gasteiger partial charge in [0, 0.05) is 32.1 Å². The molecule has 0 aliphatic carbocycles. The van der Waals surface area contributed by atoms with Gasteiger partial charge in [0.1, 0.15) is 0 Å². The van der Waals surface area contributed by atoms with E-state index in [1.807, 2.05) is 4.90 Å². The van der Waals surface area contributed by atoms with E-state index in [9.17, 15) is 4.79 Å². The van der Waals surface area contributed by atoms with Crippen LogP contribution in [0.4, 0.5) is 0 Å². The van der Waals surface area contributed by atoms with Gasteiger partial charge < -0.3 is 15.0 Å². The molecule has 1 saturated heterocycles. The van der Waals surface area contributed by atoms with Crippen molar-refractivity contribution in [1.82, 2.24) is 10.2 Å². The number of nitrogens with zero attached hydrogens (tertiary/aromatic N) is 1. The van der Waals surface area contributed by atoms with Crippen LogP contribution in [0.25, 0.3) is 0 Å². The average molecular weight is 266 g/mol. The number of amides is 1. The Bertz CT molecular complexity index is 352. The van der Waals surface area contributed by atoms with E-state index in [4.69, 9.17) is 4.74 Å². The number of ether oxygens (including phenoxy) is 1. The maximum absolute atomic E-state index is 12.2. The van der Waals surface area contributed by atoms with Gasteiger partial charge >= 0.3 is 0 Å². The van der Waals surface area contributed by atoms with Crippen LogP contribution >= 0.6 is 0 Å². The first-order chi connectivity index (χ1) is 8.97. The summed E-state index contributed by atoms with van der Waals surface area (Å²) in [5.41, 5.74) is 1.70. The second-order valence-electron chi connectivity index (χ2n) is 6.50. The number of nitrogens with one attached hydrogen (secondary N) is 1. The highest BCUT2D eigenvalue weighted by atomic mass is 16.5. The molecule has 2 heterocycles. The number of morpholine rings is 1. The van der Waals surface area contributed by atoms with Crippen molar-refractivity contribution in [2.45, 2.75) is 39.7 Å². The third-order valence-corrected chi connectivity index (χ3v) is 3.94. The largest absolute Gasteiger partial charge is 0.378 e. The molecule has 0 aromatic rings. The third kappa shape index (κ3) is 4.05. The van der Waals surface area contributed by atoms with Gasteiger partial charge in [-0.2, -0.15) is 0 Å². The maximum atomic E-state index is 12.2. The summed E-state index contributed by atoms with van der Waals surface area (Å²) in [7, 11) is 0. The Hall–Kier alpha value is -0.870. The van der Waals surface area contributed by atoms with Gasteiger partial charge in [-0.15, -0.1) is 0 Å². The highest BCUT2D eigenvalue weighted by Crippen LogP contribution is 2.30. The fourth-order valence-electron chi connectivity index (χ4n) is 2.67.